The largest absolute Gasteiger partial charge is 0.452 e. The van der Waals surface area contributed by atoms with Crippen LogP contribution >= 0.6 is 0 Å². The van der Waals surface area contributed by atoms with Gasteiger partial charge in [0.15, 0.2) is 61.6 Å². The van der Waals surface area contributed by atoms with E-state index in [1.54, 1.807) is 6.20 Å². The van der Waals surface area contributed by atoms with Crippen LogP contribution in [0.15, 0.2) is 179 Å². The van der Waals surface area contributed by atoms with E-state index >= 15 is 0 Å². The van der Waals surface area contributed by atoms with Crippen molar-refractivity contribution >= 4 is 99.3 Å². The molecule has 12 nitrogen and oxygen atoms in total. The second-order valence-electron chi connectivity index (χ2n) is 19.0. The zero-order valence-electron chi connectivity index (χ0n) is 42.1. The van der Waals surface area contributed by atoms with Gasteiger partial charge in [-0.15, -0.1) is 0 Å². The van der Waals surface area contributed by atoms with Crippen molar-refractivity contribution in [3.8, 4) is 34.2 Å². The van der Waals surface area contributed by atoms with Gasteiger partial charge in [0.05, 0.1) is 72.1 Å². The zero-order valence-corrected chi connectivity index (χ0v) is 42.1. The highest BCUT2D eigenvalue weighted by atomic mass is 16.4. The third-order valence-electron chi connectivity index (χ3n) is 14.0. The van der Waals surface area contributed by atoms with Crippen molar-refractivity contribution in [1.29, 1.82) is 0 Å². The third kappa shape index (κ3) is 7.04. The minimum atomic E-state index is 0.797. The highest BCUT2D eigenvalue weighted by Gasteiger charge is 2.28. The standard InChI is InChI=1S/2C21H17N2O2.C20H15N2O2/c2*1-12-8-9-15-18(17(12)21-22-13(2)10-11-23(21)3)25-19-14-6-4-5-7-16(14)24-20(15)19;1-12-8-9-14-17(16(12)20-21-10-5-11-22(20)2)24-18-13-6-3-4-7-15(13)23-19(14)18/h2*4-11H,1-3H3;3-11H,1-2H3/q3*+1. The number of aryl methyl sites for hydroxylation is 8. The minimum Gasteiger partial charge on any atom is -0.452 e. The highest BCUT2D eigenvalue weighted by Crippen LogP contribution is 2.44. The summed E-state index contributed by atoms with van der Waals surface area (Å²) in [6.07, 6.45) is 7.84. The summed E-state index contributed by atoms with van der Waals surface area (Å²) < 4.78 is 43.2. The van der Waals surface area contributed by atoms with Crippen LogP contribution in [0.2, 0.25) is 0 Å². The first-order valence-corrected chi connectivity index (χ1v) is 24.5. The van der Waals surface area contributed by atoms with Crippen LogP contribution in [0.1, 0.15) is 28.1 Å². The van der Waals surface area contributed by atoms with Gasteiger partial charge in [-0.05, 0) is 107 Å². The van der Waals surface area contributed by atoms with Crippen molar-refractivity contribution in [2.75, 3.05) is 0 Å². The van der Waals surface area contributed by atoms with Crippen molar-refractivity contribution in [2.24, 2.45) is 21.1 Å². The monoisotopic (exact) mass is 973 g/mol. The fourth-order valence-electron chi connectivity index (χ4n) is 10.2. The van der Waals surface area contributed by atoms with Gasteiger partial charge >= 0.3 is 17.5 Å². The van der Waals surface area contributed by atoms with Gasteiger partial charge in [-0.1, -0.05) is 54.6 Å². The van der Waals surface area contributed by atoms with E-state index in [-0.39, 0.29) is 0 Å². The van der Waals surface area contributed by atoms with Gasteiger partial charge in [0.1, 0.15) is 39.6 Å². The second-order valence-corrected chi connectivity index (χ2v) is 19.0. The fourth-order valence-corrected chi connectivity index (χ4v) is 10.2. The first-order chi connectivity index (χ1) is 36.0. The molecule has 0 N–H and O–H groups in total. The maximum atomic E-state index is 6.32. The van der Waals surface area contributed by atoms with Crippen molar-refractivity contribution in [3.63, 3.8) is 0 Å². The fraction of sp³-hybridized carbons (Fsp3) is 0.129. The van der Waals surface area contributed by atoms with Crippen LogP contribution < -0.4 is 13.7 Å². The molecule has 0 aliphatic carbocycles. The van der Waals surface area contributed by atoms with Crippen molar-refractivity contribution < 1.29 is 40.2 Å². The maximum Gasteiger partial charge on any atom is 0.334 e. The minimum absolute atomic E-state index is 0.797. The van der Waals surface area contributed by atoms with Crippen molar-refractivity contribution in [1.82, 2.24) is 15.0 Å². The van der Waals surface area contributed by atoms with Crippen LogP contribution in [-0.2, 0) is 21.1 Å². The molecule has 0 spiro atoms. The Labute approximate surface area is 422 Å². The molecule has 9 heterocycles. The molecule has 0 saturated heterocycles. The number of rotatable bonds is 3. The van der Waals surface area contributed by atoms with Crippen LogP contribution in [0, 0.1) is 34.6 Å². The lowest BCUT2D eigenvalue weighted by atomic mass is 10.0. The number of furan rings is 6. The Kier molecular flexibility index (Phi) is 10.3. The molecule has 0 aliphatic rings. The van der Waals surface area contributed by atoms with Gasteiger partial charge in [0.25, 0.3) is 0 Å². The Bertz CT molecular complexity index is 4530. The van der Waals surface area contributed by atoms with E-state index in [9.17, 15) is 0 Å². The van der Waals surface area contributed by atoms with E-state index in [4.69, 9.17) is 36.5 Å². The molecule has 0 radical (unpaired) electrons. The molecule has 6 aromatic carbocycles. The summed E-state index contributed by atoms with van der Waals surface area (Å²) in [4.78, 5) is 14.0. The van der Waals surface area contributed by atoms with Crippen LogP contribution in [0.5, 0.6) is 0 Å². The average Bonchev–Trinajstić information content (AvgIpc) is 4.27. The molecule has 0 fully saturated rings. The van der Waals surface area contributed by atoms with Crippen LogP contribution in [0.3, 0.4) is 0 Å². The van der Waals surface area contributed by atoms with E-state index in [1.807, 2.05) is 158 Å². The zero-order chi connectivity index (χ0) is 50.5. The second kappa shape index (κ2) is 17.1. The summed E-state index contributed by atoms with van der Waals surface area (Å²) in [5, 5.41) is 5.94. The molecule has 0 amide bonds. The number of hydrogen-bond donors (Lipinski definition) is 0. The van der Waals surface area contributed by atoms with Gasteiger partial charge in [0.2, 0.25) is 0 Å². The number of para-hydroxylation sites is 3. The number of aromatic nitrogens is 6. The molecule has 9 aromatic heterocycles. The Balaban J connectivity index is 0.000000107. The summed E-state index contributed by atoms with van der Waals surface area (Å²) in [7, 11) is 5.99. The Morgan fingerprint density at radius 2 is 0.649 bits per heavy atom. The molecular formula is C62H49N6O6+3. The predicted molar refractivity (Wildman–Crippen MR) is 287 cm³/mol. The molecule has 74 heavy (non-hydrogen) atoms. The molecule has 15 rings (SSSR count). The summed E-state index contributed by atoms with van der Waals surface area (Å²) in [5.41, 5.74) is 18.2. The highest BCUT2D eigenvalue weighted by molar-refractivity contribution is 6.17. The molecule has 0 bridgehead atoms. The number of nitrogens with zero attached hydrogens (tertiary/aromatic N) is 6. The van der Waals surface area contributed by atoms with Gasteiger partial charge in [-0.25, -0.2) is 13.7 Å². The third-order valence-corrected chi connectivity index (χ3v) is 14.0. The Morgan fingerprint density at radius 3 is 1.03 bits per heavy atom. The van der Waals surface area contributed by atoms with Crippen LogP contribution in [0.4, 0.5) is 0 Å². The molecule has 360 valence electrons. The van der Waals surface area contributed by atoms with Crippen molar-refractivity contribution in [3.05, 3.63) is 180 Å². The van der Waals surface area contributed by atoms with Gasteiger partial charge in [0, 0.05) is 32.0 Å². The summed E-state index contributed by atoms with van der Waals surface area (Å²) in [6.45, 7) is 10.2. The molecular weight excluding hydrogens is 925 g/mol. The molecule has 15 aromatic rings. The van der Waals surface area contributed by atoms with Crippen LogP contribution in [-0.4, -0.2) is 15.0 Å². The number of hydrogen-bond acceptors (Lipinski definition) is 9. The number of fused-ring (bicyclic) bond motifs is 15. The summed E-state index contributed by atoms with van der Waals surface area (Å²) in [5.74, 6) is 2.66. The van der Waals surface area contributed by atoms with E-state index in [0.717, 1.165) is 162 Å². The van der Waals surface area contributed by atoms with E-state index in [2.05, 4.69) is 62.2 Å². The molecule has 0 aliphatic heterocycles. The Morgan fingerprint density at radius 1 is 0.311 bits per heavy atom. The lowest BCUT2D eigenvalue weighted by Gasteiger charge is -2.04. The molecule has 0 atom stereocenters. The smallest absolute Gasteiger partial charge is 0.334 e. The predicted octanol–water partition coefficient (Wildman–Crippen LogP) is 14.2. The SMILES string of the molecule is Cc1cc[n+](C)c(-c2c(C)ccc3c2oc2c4ccccc4oc32)n1.Cc1cc[n+](C)c(-c2c(C)ccc3c2oc2c4ccccc4oc32)n1.Cc1ccc2c(oc3c4ccccc4oc23)c1-c1nccc[n+]1C. The van der Waals surface area contributed by atoms with E-state index < -0.39 is 0 Å². The number of benzene rings is 6. The first-order valence-electron chi connectivity index (χ1n) is 24.5. The first kappa shape index (κ1) is 44.5. The molecule has 12 heteroatoms. The van der Waals surface area contributed by atoms with E-state index in [0.29, 0.717) is 0 Å². The average molecular weight is 974 g/mol. The Hall–Kier alpha value is -9.42. The lowest BCUT2D eigenvalue weighted by Crippen LogP contribution is -2.32. The van der Waals surface area contributed by atoms with E-state index in [1.165, 1.54) is 0 Å². The lowest BCUT2D eigenvalue weighted by molar-refractivity contribution is -0.663. The van der Waals surface area contributed by atoms with Gasteiger partial charge in [-0.2, -0.15) is 0 Å². The normalized spacial score (nSPS) is 11.8. The summed E-state index contributed by atoms with van der Waals surface area (Å²) >= 11 is 0. The molecule has 0 saturated carbocycles. The van der Waals surface area contributed by atoms with Gasteiger partial charge in [-0.3, -0.25) is 0 Å². The van der Waals surface area contributed by atoms with Crippen molar-refractivity contribution in [2.45, 2.75) is 34.6 Å². The van der Waals surface area contributed by atoms with Crippen LogP contribution in [0.25, 0.3) is 133 Å². The quantitative estimate of drug-likeness (QED) is 0.159. The summed E-state index contributed by atoms with van der Waals surface area (Å²) in [6, 6.07) is 42.3. The topological polar surface area (TPSA) is 129 Å². The molecule has 0 unspecified atom stereocenters. The maximum absolute atomic E-state index is 6.32. The van der Waals surface area contributed by atoms with Gasteiger partial charge < -0.3 is 26.5 Å².